The van der Waals surface area contributed by atoms with Crippen molar-refractivity contribution >= 4 is 11.6 Å². The molecule has 0 saturated carbocycles. The average molecular weight is 270 g/mol. The zero-order valence-electron chi connectivity index (χ0n) is 10.8. The summed E-state index contributed by atoms with van der Waals surface area (Å²) in [7, 11) is 0. The van der Waals surface area contributed by atoms with E-state index < -0.39 is 0 Å². The van der Waals surface area contributed by atoms with Gasteiger partial charge in [0.15, 0.2) is 5.75 Å². The molecule has 3 rings (SSSR count). The molecule has 2 aromatic rings. The van der Waals surface area contributed by atoms with Gasteiger partial charge < -0.3 is 15.4 Å². The molecule has 0 bridgehead atoms. The van der Waals surface area contributed by atoms with Crippen LogP contribution in [0.4, 0.5) is 5.69 Å². The highest BCUT2D eigenvalue weighted by molar-refractivity contribution is 5.98. The summed E-state index contributed by atoms with van der Waals surface area (Å²) in [4.78, 5) is 20.1. The maximum Gasteiger partial charge on any atom is 0.255 e. The summed E-state index contributed by atoms with van der Waals surface area (Å²) in [5, 5.41) is 6.03. The minimum atomic E-state index is -0.177. The van der Waals surface area contributed by atoms with Crippen molar-refractivity contribution in [2.24, 2.45) is 0 Å². The van der Waals surface area contributed by atoms with Crippen molar-refractivity contribution < 1.29 is 9.53 Å². The number of fused-ring (bicyclic) bond motifs is 1. The molecule has 6 heteroatoms. The summed E-state index contributed by atoms with van der Waals surface area (Å²) in [6.45, 7) is 1.67. The van der Waals surface area contributed by atoms with E-state index in [0.717, 1.165) is 17.9 Å². The monoisotopic (exact) mass is 270 g/mol. The molecule has 0 aliphatic carbocycles. The fourth-order valence-electron chi connectivity index (χ4n) is 2.04. The maximum absolute atomic E-state index is 12.2. The molecule has 0 fully saturated rings. The third-order valence-corrected chi connectivity index (χ3v) is 3.00. The number of rotatable bonds is 3. The van der Waals surface area contributed by atoms with E-state index in [1.165, 1.54) is 6.33 Å². The molecule has 0 radical (unpaired) electrons. The number of hydrogen-bond donors (Lipinski definition) is 2. The number of ether oxygens (including phenoxy) is 1. The van der Waals surface area contributed by atoms with Crippen molar-refractivity contribution in [2.45, 2.75) is 6.54 Å². The molecule has 1 aromatic heterocycles. The third kappa shape index (κ3) is 2.54. The molecular formula is C14H14N4O2. The van der Waals surface area contributed by atoms with Crippen LogP contribution < -0.4 is 15.4 Å². The predicted octanol–water partition coefficient (Wildman–Crippen LogP) is 1.21. The Morgan fingerprint density at radius 1 is 1.40 bits per heavy atom. The van der Waals surface area contributed by atoms with Crippen molar-refractivity contribution in [3.63, 3.8) is 0 Å². The number of amides is 1. The largest absolute Gasteiger partial charge is 0.489 e. The molecule has 1 aromatic carbocycles. The van der Waals surface area contributed by atoms with Crippen molar-refractivity contribution in [2.75, 3.05) is 18.5 Å². The van der Waals surface area contributed by atoms with Crippen molar-refractivity contribution in [3.8, 4) is 5.75 Å². The van der Waals surface area contributed by atoms with Gasteiger partial charge in [0, 0.05) is 12.7 Å². The fourth-order valence-corrected chi connectivity index (χ4v) is 2.04. The lowest BCUT2D eigenvalue weighted by molar-refractivity contribution is 0.0946. The van der Waals surface area contributed by atoms with Crippen LogP contribution in [0.2, 0.25) is 0 Å². The molecule has 1 aliphatic rings. The molecular weight excluding hydrogens is 256 g/mol. The van der Waals surface area contributed by atoms with Gasteiger partial charge in [-0.05, 0) is 18.2 Å². The van der Waals surface area contributed by atoms with Gasteiger partial charge in [0.25, 0.3) is 5.91 Å². The second-order valence-electron chi connectivity index (χ2n) is 4.34. The molecule has 6 nitrogen and oxygen atoms in total. The second-order valence-corrected chi connectivity index (χ2v) is 4.34. The van der Waals surface area contributed by atoms with Crippen molar-refractivity contribution in [1.29, 1.82) is 0 Å². The Morgan fingerprint density at radius 3 is 3.20 bits per heavy atom. The van der Waals surface area contributed by atoms with Gasteiger partial charge in [-0.25, -0.2) is 9.97 Å². The van der Waals surface area contributed by atoms with E-state index in [1.54, 1.807) is 18.3 Å². The summed E-state index contributed by atoms with van der Waals surface area (Å²) in [5.74, 6) is 0.433. The highest BCUT2D eigenvalue weighted by atomic mass is 16.5. The normalized spacial score (nSPS) is 12.8. The van der Waals surface area contributed by atoms with E-state index in [0.29, 0.717) is 24.5 Å². The molecule has 102 valence electrons. The lowest BCUT2D eigenvalue weighted by Crippen LogP contribution is -2.26. The predicted molar refractivity (Wildman–Crippen MR) is 73.6 cm³/mol. The smallest absolute Gasteiger partial charge is 0.255 e. The van der Waals surface area contributed by atoms with Crippen LogP contribution in [0.1, 0.15) is 16.1 Å². The number of nitrogens with zero attached hydrogens (tertiary/aromatic N) is 2. The number of carbonyl (C=O) groups excluding carboxylic acids is 1. The number of aromatic nitrogens is 2. The van der Waals surface area contributed by atoms with Gasteiger partial charge in [0.1, 0.15) is 12.9 Å². The Hall–Kier alpha value is -2.63. The van der Waals surface area contributed by atoms with Crippen LogP contribution >= 0.6 is 0 Å². The molecule has 1 amide bonds. The lowest BCUT2D eigenvalue weighted by Gasteiger charge is -2.21. The maximum atomic E-state index is 12.2. The highest BCUT2D eigenvalue weighted by Crippen LogP contribution is 2.31. The van der Waals surface area contributed by atoms with Gasteiger partial charge in [-0.3, -0.25) is 4.79 Å². The minimum Gasteiger partial charge on any atom is -0.489 e. The zero-order valence-corrected chi connectivity index (χ0v) is 10.8. The molecule has 0 unspecified atom stereocenters. The minimum absolute atomic E-state index is 0.177. The van der Waals surface area contributed by atoms with Crippen molar-refractivity contribution in [3.05, 3.63) is 48.0 Å². The first-order valence-electron chi connectivity index (χ1n) is 6.37. The number of nitrogens with one attached hydrogen (secondary N) is 2. The van der Waals surface area contributed by atoms with E-state index in [9.17, 15) is 4.79 Å². The standard InChI is InChI=1S/C14H14N4O2/c19-14(17-8-10-4-5-15-9-18-10)11-2-1-3-12-13(11)20-7-6-16-12/h1-5,9,16H,6-8H2,(H,17,19). The van der Waals surface area contributed by atoms with Gasteiger partial charge in [-0.2, -0.15) is 0 Å². The molecule has 2 heterocycles. The molecule has 20 heavy (non-hydrogen) atoms. The average Bonchev–Trinajstić information content (AvgIpc) is 2.53. The summed E-state index contributed by atoms with van der Waals surface area (Å²) >= 11 is 0. The zero-order chi connectivity index (χ0) is 13.8. The van der Waals surface area contributed by atoms with Gasteiger partial charge >= 0.3 is 0 Å². The quantitative estimate of drug-likeness (QED) is 0.876. The Balaban J connectivity index is 1.74. The van der Waals surface area contributed by atoms with Crippen molar-refractivity contribution in [1.82, 2.24) is 15.3 Å². The number of hydrogen-bond acceptors (Lipinski definition) is 5. The van der Waals surface area contributed by atoms with Gasteiger partial charge in [0.05, 0.1) is 23.5 Å². The van der Waals surface area contributed by atoms with Crippen LogP contribution in [0.25, 0.3) is 0 Å². The topological polar surface area (TPSA) is 76.1 Å². The number of anilines is 1. The summed E-state index contributed by atoms with van der Waals surface area (Å²) in [6, 6.07) is 7.25. The van der Waals surface area contributed by atoms with Gasteiger partial charge in [-0.1, -0.05) is 6.07 Å². The van der Waals surface area contributed by atoms with Crippen LogP contribution in [0, 0.1) is 0 Å². The first-order chi connectivity index (χ1) is 9.84. The summed E-state index contributed by atoms with van der Waals surface area (Å²) < 4.78 is 5.58. The lowest BCUT2D eigenvalue weighted by atomic mass is 10.1. The summed E-state index contributed by atoms with van der Waals surface area (Å²) in [6.07, 6.45) is 3.10. The first-order valence-corrected chi connectivity index (χ1v) is 6.37. The second kappa shape index (κ2) is 5.56. The SMILES string of the molecule is O=C(NCc1ccncn1)c1cccc2c1OCCN2. The van der Waals surface area contributed by atoms with E-state index >= 15 is 0 Å². The molecule has 0 spiro atoms. The molecule has 0 atom stereocenters. The highest BCUT2D eigenvalue weighted by Gasteiger charge is 2.18. The Labute approximate surface area is 116 Å². The van der Waals surface area contributed by atoms with Crippen LogP contribution in [-0.2, 0) is 6.54 Å². The molecule has 1 aliphatic heterocycles. The fraction of sp³-hybridized carbons (Fsp3) is 0.214. The number of carbonyl (C=O) groups is 1. The van der Waals surface area contributed by atoms with Gasteiger partial charge in [-0.15, -0.1) is 0 Å². The van der Waals surface area contributed by atoms with Crippen LogP contribution in [-0.4, -0.2) is 29.0 Å². The van der Waals surface area contributed by atoms with Gasteiger partial charge in [0.2, 0.25) is 0 Å². The number of para-hydroxylation sites is 1. The van der Waals surface area contributed by atoms with Crippen LogP contribution in [0.3, 0.4) is 0 Å². The Morgan fingerprint density at radius 2 is 2.35 bits per heavy atom. The molecule has 0 saturated heterocycles. The van der Waals surface area contributed by atoms with E-state index in [4.69, 9.17) is 4.74 Å². The van der Waals surface area contributed by atoms with Crippen LogP contribution in [0.5, 0.6) is 5.75 Å². The van der Waals surface area contributed by atoms with E-state index in [1.807, 2.05) is 12.1 Å². The van der Waals surface area contributed by atoms with E-state index in [2.05, 4.69) is 20.6 Å². The molecule has 2 N–H and O–H groups in total. The Bertz CT molecular complexity index is 616. The third-order valence-electron chi connectivity index (χ3n) is 3.00. The number of benzene rings is 1. The summed E-state index contributed by atoms with van der Waals surface area (Å²) in [5.41, 5.74) is 2.15. The van der Waals surface area contributed by atoms with E-state index in [-0.39, 0.29) is 5.91 Å². The van der Waals surface area contributed by atoms with Crippen LogP contribution in [0.15, 0.2) is 36.8 Å². The Kier molecular flexibility index (Phi) is 3.45. The first kappa shape index (κ1) is 12.4.